The number of nitrogens with zero attached hydrogens (tertiary/aromatic N) is 1. The molecule has 5 rings (SSSR count). The van der Waals surface area contributed by atoms with E-state index in [0.29, 0.717) is 11.3 Å². The molecule has 4 aromatic rings. The van der Waals surface area contributed by atoms with Crippen molar-refractivity contribution in [2.75, 3.05) is 0 Å². The molecule has 0 spiro atoms. The fourth-order valence-electron chi connectivity index (χ4n) is 3.76. The SMILES string of the molecule is O=C1CC(c2cc(Br)cs2)c2c(c3ccccc3n(-c3ccccc3)c2=O)O1. The van der Waals surface area contributed by atoms with E-state index in [1.54, 1.807) is 4.57 Å². The number of esters is 1. The average molecular weight is 452 g/mol. The lowest BCUT2D eigenvalue weighted by Gasteiger charge is -2.26. The first-order valence-electron chi connectivity index (χ1n) is 8.81. The first-order chi connectivity index (χ1) is 13.6. The minimum Gasteiger partial charge on any atom is -0.425 e. The molecule has 1 atom stereocenters. The second-order valence-corrected chi connectivity index (χ2v) is 8.49. The van der Waals surface area contributed by atoms with Gasteiger partial charge in [-0.15, -0.1) is 11.3 Å². The van der Waals surface area contributed by atoms with Crippen LogP contribution in [-0.2, 0) is 4.79 Å². The number of benzene rings is 2. The highest BCUT2D eigenvalue weighted by molar-refractivity contribution is 9.10. The van der Waals surface area contributed by atoms with Crippen LogP contribution in [0.15, 0.2) is 75.3 Å². The Kier molecular flexibility index (Phi) is 4.18. The number of aromatic nitrogens is 1. The third kappa shape index (κ3) is 2.72. The van der Waals surface area contributed by atoms with Crippen LogP contribution >= 0.6 is 27.3 Å². The van der Waals surface area contributed by atoms with Crippen LogP contribution in [0, 0.1) is 0 Å². The number of hydrogen-bond acceptors (Lipinski definition) is 4. The van der Waals surface area contributed by atoms with Crippen molar-refractivity contribution in [1.82, 2.24) is 4.57 Å². The zero-order valence-electron chi connectivity index (χ0n) is 14.6. The maximum Gasteiger partial charge on any atom is 0.312 e. The summed E-state index contributed by atoms with van der Waals surface area (Å²) in [5.41, 5.74) is 1.89. The van der Waals surface area contributed by atoms with Crippen molar-refractivity contribution in [2.45, 2.75) is 12.3 Å². The van der Waals surface area contributed by atoms with E-state index in [4.69, 9.17) is 4.74 Å². The van der Waals surface area contributed by atoms with Crippen molar-refractivity contribution in [2.24, 2.45) is 0 Å². The van der Waals surface area contributed by atoms with Crippen LogP contribution in [0.25, 0.3) is 16.6 Å². The summed E-state index contributed by atoms with van der Waals surface area (Å²) in [6, 6.07) is 19.1. The molecule has 0 radical (unpaired) electrons. The number of pyridine rings is 1. The van der Waals surface area contributed by atoms with E-state index in [9.17, 15) is 9.59 Å². The second kappa shape index (κ2) is 6.72. The third-order valence-electron chi connectivity index (χ3n) is 4.95. The van der Waals surface area contributed by atoms with Crippen molar-refractivity contribution in [3.05, 3.63) is 91.3 Å². The van der Waals surface area contributed by atoms with Gasteiger partial charge in [-0.05, 0) is 46.3 Å². The third-order valence-corrected chi connectivity index (χ3v) is 6.76. The predicted molar refractivity (Wildman–Crippen MR) is 114 cm³/mol. The molecule has 3 heterocycles. The summed E-state index contributed by atoms with van der Waals surface area (Å²) in [5, 5.41) is 2.72. The van der Waals surface area contributed by atoms with Gasteiger partial charge in [0.1, 0.15) is 5.75 Å². The molecular weight excluding hydrogens is 438 g/mol. The second-order valence-electron chi connectivity index (χ2n) is 6.63. The molecule has 28 heavy (non-hydrogen) atoms. The molecule has 138 valence electrons. The number of hydrogen-bond donors (Lipinski definition) is 0. The topological polar surface area (TPSA) is 48.3 Å². The van der Waals surface area contributed by atoms with E-state index in [2.05, 4.69) is 15.9 Å². The number of carbonyl (C=O) groups excluding carboxylic acids is 1. The first-order valence-corrected chi connectivity index (χ1v) is 10.5. The van der Waals surface area contributed by atoms with Crippen LogP contribution < -0.4 is 10.3 Å². The van der Waals surface area contributed by atoms with Crippen LogP contribution in [0.1, 0.15) is 22.8 Å². The maximum atomic E-state index is 13.7. The summed E-state index contributed by atoms with van der Waals surface area (Å²) in [4.78, 5) is 27.0. The van der Waals surface area contributed by atoms with Gasteiger partial charge in [-0.3, -0.25) is 14.2 Å². The van der Waals surface area contributed by atoms with Crippen LogP contribution in [0.3, 0.4) is 0 Å². The van der Waals surface area contributed by atoms with Gasteiger partial charge in [0.15, 0.2) is 0 Å². The quantitative estimate of drug-likeness (QED) is 0.390. The minimum absolute atomic E-state index is 0.151. The monoisotopic (exact) mass is 451 g/mol. The number of fused-ring (bicyclic) bond motifs is 3. The zero-order valence-corrected chi connectivity index (χ0v) is 17.0. The van der Waals surface area contributed by atoms with Gasteiger partial charge in [-0.1, -0.05) is 30.3 Å². The summed E-state index contributed by atoms with van der Waals surface area (Å²) in [6.45, 7) is 0. The van der Waals surface area contributed by atoms with E-state index in [-0.39, 0.29) is 23.9 Å². The van der Waals surface area contributed by atoms with Crippen molar-refractivity contribution in [3.63, 3.8) is 0 Å². The number of rotatable bonds is 2. The lowest BCUT2D eigenvalue weighted by Crippen LogP contribution is -2.31. The molecule has 0 fully saturated rings. The summed E-state index contributed by atoms with van der Waals surface area (Å²) in [7, 11) is 0. The number of carbonyl (C=O) groups is 1. The molecule has 0 N–H and O–H groups in total. The molecule has 6 heteroatoms. The number of para-hydroxylation sites is 2. The van der Waals surface area contributed by atoms with Gasteiger partial charge in [0.05, 0.1) is 17.5 Å². The lowest BCUT2D eigenvalue weighted by atomic mass is 9.90. The highest BCUT2D eigenvalue weighted by Crippen LogP contribution is 2.43. The Morgan fingerprint density at radius 1 is 1.04 bits per heavy atom. The molecule has 0 amide bonds. The van der Waals surface area contributed by atoms with Gasteiger partial charge in [0.2, 0.25) is 0 Å². The van der Waals surface area contributed by atoms with Gasteiger partial charge in [-0.25, -0.2) is 0 Å². The Balaban J connectivity index is 1.89. The lowest BCUT2D eigenvalue weighted by molar-refractivity contribution is -0.135. The van der Waals surface area contributed by atoms with E-state index in [1.165, 1.54) is 11.3 Å². The van der Waals surface area contributed by atoms with Crippen molar-refractivity contribution in [1.29, 1.82) is 0 Å². The van der Waals surface area contributed by atoms with Crippen LogP contribution in [0.5, 0.6) is 5.75 Å². The highest BCUT2D eigenvalue weighted by atomic mass is 79.9. The Labute approximate surface area is 173 Å². The molecule has 2 aromatic carbocycles. The van der Waals surface area contributed by atoms with E-state index in [0.717, 1.165) is 25.9 Å². The average Bonchev–Trinajstić information content (AvgIpc) is 3.14. The largest absolute Gasteiger partial charge is 0.425 e. The number of thiophene rings is 1. The van der Waals surface area contributed by atoms with Crippen molar-refractivity contribution in [3.8, 4) is 11.4 Å². The summed E-state index contributed by atoms with van der Waals surface area (Å²) < 4.78 is 8.27. The van der Waals surface area contributed by atoms with Crippen molar-refractivity contribution >= 4 is 44.1 Å². The fraction of sp³-hybridized carbons (Fsp3) is 0.0909. The zero-order chi connectivity index (χ0) is 19.3. The molecule has 0 bridgehead atoms. The standard InChI is InChI=1S/C22H14BrNO3S/c23-13-10-18(28-12-13)16-11-19(25)27-21-15-8-4-5-9-17(15)24(22(26)20(16)21)14-6-2-1-3-7-14/h1-10,12,16H,11H2. The Morgan fingerprint density at radius 2 is 1.79 bits per heavy atom. The van der Waals surface area contributed by atoms with Crippen molar-refractivity contribution < 1.29 is 9.53 Å². The summed E-state index contributed by atoms with van der Waals surface area (Å²) in [6.07, 6.45) is 0.155. The Hall–Kier alpha value is -2.70. The molecule has 0 aliphatic carbocycles. The summed E-state index contributed by atoms with van der Waals surface area (Å²) >= 11 is 5.01. The Bertz CT molecular complexity index is 1280. The van der Waals surface area contributed by atoms with Gasteiger partial charge >= 0.3 is 5.97 Å². The molecule has 0 saturated heterocycles. The number of halogens is 1. The van der Waals surface area contributed by atoms with Gasteiger partial charge < -0.3 is 4.74 Å². The fourth-order valence-corrected chi connectivity index (χ4v) is 5.32. The minimum atomic E-state index is -0.320. The van der Waals surface area contributed by atoms with E-state index < -0.39 is 0 Å². The highest BCUT2D eigenvalue weighted by Gasteiger charge is 2.34. The molecule has 1 aliphatic heterocycles. The molecule has 1 unspecified atom stereocenters. The molecular formula is C22H14BrNO3S. The van der Waals surface area contributed by atoms with Gasteiger partial charge in [-0.2, -0.15) is 0 Å². The molecule has 1 aliphatic rings. The van der Waals surface area contributed by atoms with Crippen LogP contribution in [0.4, 0.5) is 0 Å². The first kappa shape index (κ1) is 17.4. The van der Waals surface area contributed by atoms with Gasteiger partial charge in [0, 0.05) is 31.7 Å². The molecule has 4 nitrogen and oxygen atoms in total. The van der Waals surface area contributed by atoms with Crippen LogP contribution in [-0.4, -0.2) is 10.5 Å². The smallest absolute Gasteiger partial charge is 0.312 e. The van der Waals surface area contributed by atoms with Crippen LogP contribution in [0.2, 0.25) is 0 Å². The predicted octanol–water partition coefficient (Wildman–Crippen LogP) is 5.26. The maximum absolute atomic E-state index is 13.7. The normalized spacial score (nSPS) is 16.0. The molecule has 2 aromatic heterocycles. The Morgan fingerprint density at radius 3 is 2.54 bits per heavy atom. The van der Waals surface area contributed by atoms with E-state index >= 15 is 0 Å². The molecule has 0 saturated carbocycles. The van der Waals surface area contributed by atoms with Gasteiger partial charge in [0.25, 0.3) is 5.56 Å². The number of ether oxygens (including phenoxy) is 1. The summed E-state index contributed by atoms with van der Waals surface area (Å²) in [5.74, 6) is -0.248. The van der Waals surface area contributed by atoms with E-state index in [1.807, 2.05) is 66.0 Å².